The lowest BCUT2D eigenvalue weighted by Gasteiger charge is -2.20. The van der Waals surface area contributed by atoms with E-state index in [1.165, 1.54) is 0 Å². The number of rotatable bonds is 7. The van der Waals surface area contributed by atoms with Crippen molar-refractivity contribution in [3.05, 3.63) is 113 Å². The van der Waals surface area contributed by atoms with Gasteiger partial charge < -0.3 is 5.73 Å². The van der Waals surface area contributed by atoms with Gasteiger partial charge >= 0.3 is 12.4 Å². The van der Waals surface area contributed by atoms with E-state index in [2.05, 4.69) is 11.6 Å². The summed E-state index contributed by atoms with van der Waals surface area (Å²) in [7, 11) is 0. The zero-order chi connectivity index (χ0) is 25.8. The van der Waals surface area contributed by atoms with Gasteiger partial charge in [-0.2, -0.15) is 26.3 Å². The number of carbonyl (C=O) groups is 1. The molecule has 0 aliphatic heterocycles. The minimum Gasteiger partial charge on any atom is -0.383 e. The first-order chi connectivity index (χ1) is 16.4. The summed E-state index contributed by atoms with van der Waals surface area (Å²) in [6.07, 6.45) is -7.17. The van der Waals surface area contributed by atoms with Crippen molar-refractivity contribution >= 4 is 17.8 Å². The fourth-order valence-electron chi connectivity index (χ4n) is 3.65. The number of benzene rings is 3. The van der Waals surface area contributed by atoms with Gasteiger partial charge in [0, 0.05) is 17.0 Å². The standard InChI is InChI=1S/C26H20F6N2O/c1-2-5-21(17-10-8-16(15-35)9-11-17)22-6-3-4-7-23(22)24(33)34-20-13-18(25(27,28)29)12-19(14-20)26(30,31)32/h2-4,6-15,21H,1,5H2,(H2,33,34). The fraction of sp³-hybridized carbons (Fsp3) is 0.154. The highest BCUT2D eigenvalue weighted by Gasteiger charge is 2.37. The van der Waals surface area contributed by atoms with Crippen molar-refractivity contribution in [3.8, 4) is 0 Å². The van der Waals surface area contributed by atoms with Gasteiger partial charge in [0.15, 0.2) is 0 Å². The summed E-state index contributed by atoms with van der Waals surface area (Å²) in [5, 5.41) is 0. The fourth-order valence-corrected chi connectivity index (χ4v) is 3.65. The summed E-state index contributed by atoms with van der Waals surface area (Å²) < 4.78 is 79.3. The summed E-state index contributed by atoms with van der Waals surface area (Å²) in [6.45, 7) is 3.76. The summed E-state index contributed by atoms with van der Waals surface area (Å²) in [5.41, 5.74) is 4.88. The number of alkyl halides is 6. The maximum Gasteiger partial charge on any atom is 0.416 e. The van der Waals surface area contributed by atoms with Crippen LogP contribution in [0, 0.1) is 0 Å². The summed E-state index contributed by atoms with van der Waals surface area (Å²) >= 11 is 0. The Morgan fingerprint density at radius 3 is 2.00 bits per heavy atom. The van der Waals surface area contributed by atoms with Gasteiger partial charge in [0.05, 0.1) is 16.8 Å². The lowest BCUT2D eigenvalue weighted by molar-refractivity contribution is -0.143. The Hall–Kier alpha value is -3.88. The van der Waals surface area contributed by atoms with Gasteiger partial charge in [0.1, 0.15) is 12.1 Å². The monoisotopic (exact) mass is 490 g/mol. The molecule has 35 heavy (non-hydrogen) atoms. The predicted octanol–water partition coefficient (Wildman–Crippen LogP) is 7.28. The molecule has 182 valence electrons. The number of allylic oxidation sites excluding steroid dienone is 1. The average Bonchev–Trinajstić information content (AvgIpc) is 2.81. The Kier molecular flexibility index (Phi) is 7.48. The minimum absolute atomic E-state index is 0.0340. The van der Waals surface area contributed by atoms with E-state index in [1.807, 2.05) is 0 Å². The van der Waals surface area contributed by atoms with Crippen molar-refractivity contribution in [3.63, 3.8) is 0 Å². The van der Waals surface area contributed by atoms with Gasteiger partial charge in [0.25, 0.3) is 0 Å². The molecule has 0 amide bonds. The Labute approximate surface area is 197 Å². The zero-order valence-corrected chi connectivity index (χ0v) is 18.2. The minimum atomic E-state index is -5.00. The van der Waals surface area contributed by atoms with Crippen molar-refractivity contribution < 1.29 is 31.1 Å². The molecule has 0 spiro atoms. The maximum absolute atomic E-state index is 13.2. The van der Waals surface area contributed by atoms with Gasteiger partial charge in [-0.25, -0.2) is 4.99 Å². The first-order valence-corrected chi connectivity index (χ1v) is 10.3. The first-order valence-electron chi connectivity index (χ1n) is 10.3. The second-order valence-corrected chi connectivity index (χ2v) is 7.71. The molecule has 1 atom stereocenters. The van der Waals surface area contributed by atoms with Crippen LogP contribution in [-0.4, -0.2) is 12.1 Å². The van der Waals surface area contributed by atoms with E-state index in [9.17, 15) is 31.1 Å². The van der Waals surface area contributed by atoms with Gasteiger partial charge in [-0.1, -0.05) is 54.6 Å². The maximum atomic E-state index is 13.2. The van der Waals surface area contributed by atoms with E-state index >= 15 is 0 Å². The molecule has 0 aliphatic rings. The lowest BCUT2D eigenvalue weighted by atomic mass is 9.85. The van der Waals surface area contributed by atoms with Crippen molar-refractivity contribution in [1.82, 2.24) is 0 Å². The third-order valence-electron chi connectivity index (χ3n) is 5.31. The van der Waals surface area contributed by atoms with Crippen molar-refractivity contribution in [2.45, 2.75) is 24.7 Å². The molecule has 0 aliphatic carbocycles. The second kappa shape index (κ2) is 10.2. The summed E-state index contributed by atoms with van der Waals surface area (Å²) in [6, 6.07) is 14.5. The second-order valence-electron chi connectivity index (χ2n) is 7.71. The molecule has 9 heteroatoms. The van der Waals surface area contributed by atoms with Crippen LogP contribution in [0.3, 0.4) is 0 Å². The van der Waals surface area contributed by atoms with Crippen LogP contribution in [0.1, 0.15) is 50.5 Å². The highest BCUT2D eigenvalue weighted by Crippen LogP contribution is 2.38. The molecule has 2 N–H and O–H groups in total. The van der Waals surface area contributed by atoms with Gasteiger partial charge in [-0.05, 0) is 35.7 Å². The van der Waals surface area contributed by atoms with Gasteiger partial charge in [0.2, 0.25) is 0 Å². The summed E-state index contributed by atoms with van der Waals surface area (Å²) in [5.74, 6) is -0.544. The van der Waals surface area contributed by atoms with E-state index in [0.29, 0.717) is 41.5 Å². The van der Waals surface area contributed by atoms with E-state index in [1.54, 1.807) is 54.6 Å². The number of aldehydes is 1. The SMILES string of the molecule is C=CCC(c1ccc(C=O)cc1)c1ccccc1C(N)=Nc1cc(C(F)(F)F)cc(C(F)(F)F)c1. The van der Waals surface area contributed by atoms with E-state index < -0.39 is 29.2 Å². The van der Waals surface area contributed by atoms with Crippen LogP contribution in [0.5, 0.6) is 0 Å². The van der Waals surface area contributed by atoms with E-state index in [-0.39, 0.29) is 17.8 Å². The molecule has 3 aromatic carbocycles. The first kappa shape index (κ1) is 25.7. The molecule has 0 radical (unpaired) electrons. The van der Waals surface area contributed by atoms with Crippen LogP contribution >= 0.6 is 0 Å². The van der Waals surface area contributed by atoms with Crippen LogP contribution in [0.2, 0.25) is 0 Å². The van der Waals surface area contributed by atoms with Crippen LogP contribution < -0.4 is 5.73 Å². The zero-order valence-electron chi connectivity index (χ0n) is 18.2. The number of halogens is 6. The number of aliphatic imine (C=N–C) groups is 1. The Morgan fingerprint density at radius 1 is 0.914 bits per heavy atom. The molecule has 1 unspecified atom stereocenters. The predicted molar refractivity (Wildman–Crippen MR) is 122 cm³/mol. The Bertz CT molecular complexity index is 1210. The largest absolute Gasteiger partial charge is 0.416 e. The van der Waals surface area contributed by atoms with Crippen LogP contribution in [0.4, 0.5) is 32.0 Å². The molecule has 0 aromatic heterocycles. The molecule has 0 heterocycles. The molecule has 0 saturated heterocycles. The normalized spacial score (nSPS) is 13.4. The van der Waals surface area contributed by atoms with Crippen LogP contribution in [0.25, 0.3) is 0 Å². The number of nitrogens with zero attached hydrogens (tertiary/aromatic N) is 1. The third kappa shape index (κ3) is 6.17. The summed E-state index contributed by atoms with van der Waals surface area (Å²) in [4.78, 5) is 14.9. The Morgan fingerprint density at radius 2 is 1.49 bits per heavy atom. The Balaban J connectivity index is 2.12. The molecule has 3 aromatic rings. The number of hydrogen-bond acceptors (Lipinski definition) is 2. The van der Waals surface area contributed by atoms with E-state index in [0.717, 1.165) is 5.56 Å². The number of amidine groups is 1. The van der Waals surface area contributed by atoms with Crippen LogP contribution in [-0.2, 0) is 12.4 Å². The third-order valence-corrected chi connectivity index (χ3v) is 5.31. The van der Waals surface area contributed by atoms with E-state index in [4.69, 9.17) is 5.73 Å². The topological polar surface area (TPSA) is 55.5 Å². The highest BCUT2D eigenvalue weighted by atomic mass is 19.4. The van der Waals surface area contributed by atoms with Crippen LogP contribution in [0.15, 0.2) is 84.4 Å². The average molecular weight is 490 g/mol. The lowest BCUT2D eigenvalue weighted by Crippen LogP contribution is -2.17. The number of nitrogens with two attached hydrogens (primary N) is 1. The number of carbonyl (C=O) groups excluding carboxylic acids is 1. The molecular weight excluding hydrogens is 470 g/mol. The molecular formula is C26H20F6N2O. The highest BCUT2D eigenvalue weighted by molar-refractivity contribution is 6.00. The number of hydrogen-bond donors (Lipinski definition) is 1. The quantitative estimate of drug-likeness (QED) is 0.124. The van der Waals surface area contributed by atoms with Gasteiger partial charge in [-0.3, -0.25) is 4.79 Å². The van der Waals surface area contributed by atoms with Crippen molar-refractivity contribution in [2.75, 3.05) is 0 Å². The molecule has 0 fully saturated rings. The molecule has 0 bridgehead atoms. The molecule has 0 saturated carbocycles. The van der Waals surface area contributed by atoms with Gasteiger partial charge in [-0.15, -0.1) is 6.58 Å². The van der Waals surface area contributed by atoms with Crippen molar-refractivity contribution in [2.24, 2.45) is 10.7 Å². The van der Waals surface area contributed by atoms with Crippen molar-refractivity contribution in [1.29, 1.82) is 0 Å². The smallest absolute Gasteiger partial charge is 0.383 e. The molecule has 3 rings (SSSR count). The molecule has 3 nitrogen and oxygen atoms in total.